The van der Waals surface area contributed by atoms with Gasteiger partial charge in [-0.15, -0.1) is 0 Å². The highest BCUT2D eigenvalue weighted by Crippen LogP contribution is 2.11. The number of aromatic carboxylic acids is 1. The second-order valence-electron chi connectivity index (χ2n) is 3.34. The van der Waals surface area contributed by atoms with Crippen molar-refractivity contribution in [3.63, 3.8) is 0 Å². The zero-order valence-electron chi connectivity index (χ0n) is 7.98. The summed E-state index contributed by atoms with van der Waals surface area (Å²) in [7, 11) is 0. The maximum Gasteiger partial charge on any atom is 0.356 e. The lowest BCUT2D eigenvalue weighted by atomic mass is 10.2. The Bertz CT molecular complexity index is 475. The van der Waals surface area contributed by atoms with Gasteiger partial charge in [0, 0.05) is 12.4 Å². The van der Waals surface area contributed by atoms with Crippen LogP contribution in [-0.2, 0) is 0 Å². The van der Waals surface area contributed by atoms with Crippen molar-refractivity contribution >= 4 is 11.6 Å². The molecule has 0 unspecified atom stereocenters. The van der Waals surface area contributed by atoms with Crippen LogP contribution in [0.5, 0.6) is 0 Å². The fraction of sp³-hybridized carbons (Fsp3) is 0.200. The summed E-state index contributed by atoms with van der Waals surface area (Å²) in [4.78, 5) is 14.6. The van der Waals surface area contributed by atoms with Gasteiger partial charge in [-0.1, -0.05) is 0 Å². The van der Waals surface area contributed by atoms with E-state index in [9.17, 15) is 4.79 Å². The van der Waals surface area contributed by atoms with Crippen LogP contribution in [0.15, 0.2) is 18.5 Å². The Balaban J connectivity index is 2.72. The topological polar surface area (TPSA) is 54.6 Å². The van der Waals surface area contributed by atoms with Crippen LogP contribution in [0.1, 0.15) is 21.6 Å². The first-order chi connectivity index (χ1) is 6.58. The molecule has 0 atom stereocenters. The number of nitrogens with zero attached hydrogens (tertiary/aromatic N) is 2. The Hall–Kier alpha value is -1.84. The van der Waals surface area contributed by atoms with E-state index in [4.69, 9.17) is 5.11 Å². The Morgan fingerprint density at radius 3 is 2.71 bits per heavy atom. The molecule has 4 nitrogen and oxygen atoms in total. The lowest BCUT2D eigenvalue weighted by molar-refractivity contribution is 0.0691. The molecule has 2 aromatic heterocycles. The Morgan fingerprint density at radius 1 is 1.36 bits per heavy atom. The molecule has 2 rings (SSSR count). The van der Waals surface area contributed by atoms with Gasteiger partial charge in [0.25, 0.3) is 0 Å². The normalized spacial score (nSPS) is 10.7. The number of hydrogen-bond acceptors (Lipinski definition) is 2. The highest BCUT2D eigenvalue weighted by Gasteiger charge is 2.08. The maximum atomic E-state index is 10.7. The summed E-state index contributed by atoms with van der Waals surface area (Å²) in [6.45, 7) is 3.96. The standard InChI is InChI=1S/C10H10N2O2/c1-6-3-9-11-8(10(13)14)5-12(9)4-7(6)2/h3-5H,1-2H3,(H,13,14). The second-order valence-corrected chi connectivity index (χ2v) is 3.34. The van der Waals surface area contributed by atoms with Gasteiger partial charge in [-0.3, -0.25) is 0 Å². The molecule has 72 valence electrons. The van der Waals surface area contributed by atoms with Crippen LogP contribution in [-0.4, -0.2) is 20.5 Å². The number of carbonyl (C=O) groups is 1. The lowest BCUT2D eigenvalue weighted by Gasteiger charge is -1.99. The Labute approximate surface area is 80.8 Å². The van der Waals surface area contributed by atoms with Crippen LogP contribution >= 0.6 is 0 Å². The fourth-order valence-electron chi connectivity index (χ4n) is 1.34. The van der Waals surface area contributed by atoms with Gasteiger partial charge in [0.15, 0.2) is 5.69 Å². The quantitative estimate of drug-likeness (QED) is 0.743. The molecular weight excluding hydrogens is 180 g/mol. The van der Waals surface area contributed by atoms with Crippen LogP contribution in [0.2, 0.25) is 0 Å². The molecule has 14 heavy (non-hydrogen) atoms. The van der Waals surface area contributed by atoms with Crippen molar-refractivity contribution in [2.45, 2.75) is 13.8 Å². The third kappa shape index (κ3) is 1.25. The number of fused-ring (bicyclic) bond motifs is 1. The summed E-state index contributed by atoms with van der Waals surface area (Å²) in [6, 6.07) is 1.88. The Kier molecular flexibility index (Phi) is 1.77. The van der Waals surface area contributed by atoms with Crippen molar-refractivity contribution in [2.75, 3.05) is 0 Å². The molecule has 0 aliphatic carbocycles. The molecule has 4 heteroatoms. The number of imidazole rings is 1. The van der Waals surface area contributed by atoms with Crippen molar-refractivity contribution in [1.82, 2.24) is 9.38 Å². The Morgan fingerprint density at radius 2 is 2.07 bits per heavy atom. The fourth-order valence-corrected chi connectivity index (χ4v) is 1.34. The van der Waals surface area contributed by atoms with Crippen molar-refractivity contribution < 1.29 is 9.90 Å². The largest absolute Gasteiger partial charge is 0.476 e. The number of aromatic nitrogens is 2. The number of aryl methyl sites for hydroxylation is 2. The minimum atomic E-state index is -0.996. The van der Waals surface area contributed by atoms with Gasteiger partial charge in [0.1, 0.15) is 5.65 Å². The monoisotopic (exact) mass is 190 g/mol. The molecule has 0 saturated carbocycles. The van der Waals surface area contributed by atoms with Crippen molar-refractivity contribution in [1.29, 1.82) is 0 Å². The molecule has 0 fully saturated rings. The highest BCUT2D eigenvalue weighted by atomic mass is 16.4. The minimum absolute atomic E-state index is 0.0787. The number of pyridine rings is 1. The van der Waals surface area contributed by atoms with Crippen LogP contribution in [0, 0.1) is 13.8 Å². The lowest BCUT2D eigenvalue weighted by Crippen LogP contribution is -1.94. The van der Waals surface area contributed by atoms with Gasteiger partial charge >= 0.3 is 5.97 Å². The molecule has 0 radical (unpaired) electrons. The second kappa shape index (κ2) is 2.83. The van der Waals surface area contributed by atoms with E-state index in [0.29, 0.717) is 5.65 Å². The van der Waals surface area contributed by atoms with E-state index >= 15 is 0 Å². The zero-order chi connectivity index (χ0) is 10.3. The molecule has 0 aliphatic heterocycles. The van der Waals surface area contributed by atoms with Gasteiger partial charge in [0.2, 0.25) is 0 Å². The van der Waals surface area contributed by atoms with Crippen LogP contribution in [0.3, 0.4) is 0 Å². The summed E-state index contributed by atoms with van der Waals surface area (Å²) in [5.74, 6) is -0.996. The zero-order valence-corrected chi connectivity index (χ0v) is 7.98. The molecule has 0 spiro atoms. The van der Waals surface area contributed by atoms with Gasteiger partial charge < -0.3 is 9.51 Å². The first-order valence-electron chi connectivity index (χ1n) is 4.27. The van der Waals surface area contributed by atoms with Gasteiger partial charge in [-0.2, -0.15) is 0 Å². The molecular formula is C10H10N2O2. The van der Waals surface area contributed by atoms with Crippen LogP contribution in [0.25, 0.3) is 5.65 Å². The van der Waals surface area contributed by atoms with Crippen molar-refractivity contribution in [2.24, 2.45) is 0 Å². The van der Waals surface area contributed by atoms with Gasteiger partial charge in [-0.05, 0) is 31.0 Å². The summed E-state index contributed by atoms with van der Waals surface area (Å²) >= 11 is 0. The summed E-state index contributed by atoms with van der Waals surface area (Å²) in [5, 5.41) is 8.75. The summed E-state index contributed by atoms with van der Waals surface area (Å²) in [6.07, 6.45) is 3.40. The molecule has 2 heterocycles. The van der Waals surface area contributed by atoms with Crippen LogP contribution in [0.4, 0.5) is 0 Å². The molecule has 0 saturated heterocycles. The van der Waals surface area contributed by atoms with E-state index < -0.39 is 5.97 Å². The van der Waals surface area contributed by atoms with E-state index in [0.717, 1.165) is 11.1 Å². The molecule has 0 aromatic carbocycles. The summed E-state index contributed by atoms with van der Waals surface area (Å²) in [5.41, 5.74) is 2.98. The first-order valence-corrected chi connectivity index (χ1v) is 4.27. The smallest absolute Gasteiger partial charge is 0.356 e. The molecule has 0 aliphatic rings. The average Bonchev–Trinajstić information content (AvgIpc) is 2.48. The third-order valence-corrected chi connectivity index (χ3v) is 2.28. The van der Waals surface area contributed by atoms with E-state index in [1.54, 1.807) is 4.40 Å². The molecule has 0 bridgehead atoms. The summed E-state index contributed by atoms with van der Waals surface area (Å²) < 4.78 is 1.73. The SMILES string of the molecule is Cc1cc2nc(C(=O)O)cn2cc1C. The number of carboxylic acids is 1. The first kappa shape index (κ1) is 8.74. The van der Waals surface area contributed by atoms with Gasteiger partial charge in [-0.25, -0.2) is 9.78 Å². The van der Waals surface area contributed by atoms with E-state index in [1.807, 2.05) is 26.1 Å². The van der Waals surface area contributed by atoms with Crippen LogP contribution < -0.4 is 0 Å². The predicted molar refractivity (Wildman–Crippen MR) is 51.6 cm³/mol. The number of carboxylic acid groups (broad SMARTS) is 1. The average molecular weight is 190 g/mol. The predicted octanol–water partition coefficient (Wildman–Crippen LogP) is 1.65. The van der Waals surface area contributed by atoms with E-state index in [2.05, 4.69) is 4.98 Å². The van der Waals surface area contributed by atoms with Crippen molar-refractivity contribution in [3.05, 3.63) is 35.3 Å². The number of rotatable bonds is 1. The number of hydrogen-bond donors (Lipinski definition) is 1. The maximum absolute atomic E-state index is 10.7. The minimum Gasteiger partial charge on any atom is -0.476 e. The molecule has 2 aromatic rings. The van der Waals surface area contributed by atoms with E-state index in [-0.39, 0.29) is 5.69 Å². The van der Waals surface area contributed by atoms with E-state index in [1.165, 1.54) is 6.20 Å². The molecule has 0 amide bonds. The third-order valence-electron chi connectivity index (χ3n) is 2.28. The molecule has 1 N–H and O–H groups in total. The highest BCUT2D eigenvalue weighted by molar-refractivity contribution is 5.86. The van der Waals surface area contributed by atoms with Crippen molar-refractivity contribution in [3.8, 4) is 0 Å². The van der Waals surface area contributed by atoms with Gasteiger partial charge in [0.05, 0.1) is 0 Å².